The standard InChI is InChI=1S/C10H19N.C10H22.C4H8.2C2H6/c1-3-5-7-8-10-11-9-6-4-2;1-4-6-8-10(3)9-7-5-2;1-4(2)3;2*1-2/h7-8,10H,3-6,9H2,1-2H3;10H,4-9H2,1-3H3;1H2,2-3H3;2*1-2H3/b8-7+,11-10?;;;;. The molecular weight excluding hydrogens is 350 g/mol. The number of aliphatic imine (C=N–C) groups is 1. The summed E-state index contributed by atoms with van der Waals surface area (Å²) in [5.74, 6) is 0.972. The summed E-state index contributed by atoms with van der Waals surface area (Å²) in [6.07, 6.45) is 19.4. The molecule has 0 atom stereocenters. The van der Waals surface area contributed by atoms with Crippen LogP contribution in [0.15, 0.2) is 29.3 Å². The Hall–Kier alpha value is -0.850. The number of nitrogens with zero attached hydrogens (tertiary/aromatic N) is 1. The molecule has 0 amide bonds. The van der Waals surface area contributed by atoms with Gasteiger partial charge in [0.15, 0.2) is 0 Å². The van der Waals surface area contributed by atoms with Crippen molar-refractivity contribution in [2.75, 3.05) is 6.54 Å². The van der Waals surface area contributed by atoms with Crippen LogP contribution in [0.5, 0.6) is 0 Å². The molecule has 0 saturated heterocycles. The maximum absolute atomic E-state index is 4.22. The molecule has 0 saturated carbocycles. The quantitative estimate of drug-likeness (QED) is 0.172. The van der Waals surface area contributed by atoms with E-state index in [0.717, 1.165) is 12.5 Å². The Bertz CT molecular complexity index is 277. The molecule has 0 rings (SSSR count). The maximum Gasteiger partial charge on any atom is 0.0389 e. The third-order valence-corrected chi connectivity index (χ3v) is 3.52. The first kappa shape index (κ1) is 38.7. The molecule has 0 fully saturated rings. The Balaban J connectivity index is -0.0000000979. The molecule has 178 valence electrons. The van der Waals surface area contributed by atoms with Crippen LogP contribution in [0.3, 0.4) is 0 Å². The van der Waals surface area contributed by atoms with Crippen molar-refractivity contribution in [1.82, 2.24) is 0 Å². The van der Waals surface area contributed by atoms with Crippen LogP contribution < -0.4 is 0 Å². The minimum absolute atomic E-state index is 0.972. The fourth-order valence-electron chi connectivity index (χ4n) is 1.96. The predicted molar refractivity (Wildman–Crippen MR) is 144 cm³/mol. The van der Waals surface area contributed by atoms with Gasteiger partial charge in [-0.3, -0.25) is 4.99 Å². The summed E-state index contributed by atoms with van der Waals surface area (Å²) in [6.45, 7) is 27.8. The van der Waals surface area contributed by atoms with E-state index in [0.29, 0.717) is 0 Å². The molecule has 0 radical (unpaired) electrons. The molecule has 0 unspecified atom stereocenters. The smallest absolute Gasteiger partial charge is 0.0389 e. The molecule has 0 aliphatic carbocycles. The van der Waals surface area contributed by atoms with Crippen molar-refractivity contribution < 1.29 is 0 Å². The summed E-state index contributed by atoms with van der Waals surface area (Å²) in [5.41, 5.74) is 1.17. The van der Waals surface area contributed by atoms with Crippen molar-refractivity contribution in [2.24, 2.45) is 10.9 Å². The molecule has 1 nitrogen and oxygen atoms in total. The molecule has 0 N–H and O–H groups in total. The number of unbranched alkanes of at least 4 members (excludes halogenated alkanes) is 4. The van der Waals surface area contributed by atoms with Crippen LogP contribution in [0, 0.1) is 5.92 Å². The summed E-state index contributed by atoms with van der Waals surface area (Å²) in [4.78, 5) is 4.22. The van der Waals surface area contributed by atoms with Crippen molar-refractivity contribution in [3.05, 3.63) is 24.3 Å². The van der Waals surface area contributed by atoms with E-state index in [1.807, 2.05) is 53.8 Å². The van der Waals surface area contributed by atoms with E-state index < -0.39 is 0 Å². The second kappa shape index (κ2) is 45.7. The number of hydrogen-bond acceptors (Lipinski definition) is 1. The third-order valence-electron chi connectivity index (χ3n) is 3.52. The van der Waals surface area contributed by atoms with Gasteiger partial charge in [0.05, 0.1) is 0 Å². The highest BCUT2D eigenvalue weighted by Crippen LogP contribution is 2.14. The van der Waals surface area contributed by atoms with Gasteiger partial charge in [-0.1, -0.05) is 125 Å². The zero-order valence-corrected chi connectivity index (χ0v) is 22.7. The van der Waals surface area contributed by atoms with E-state index in [2.05, 4.69) is 52.3 Å². The first-order chi connectivity index (χ1) is 14.0. The van der Waals surface area contributed by atoms with Gasteiger partial charge in [0, 0.05) is 12.8 Å². The fourth-order valence-corrected chi connectivity index (χ4v) is 1.96. The van der Waals surface area contributed by atoms with Crippen molar-refractivity contribution >= 4 is 6.21 Å². The molecular formula is C28H61N. The third kappa shape index (κ3) is 74.8. The van der Waals surface area contributed by atoms with Crippen LogP contribution in [0.4, 0.5) is 0 Å². The van der Waals surface area contributed by atoms with Crippen LogP contribution in [-0.2, 0) is 0 Å². The minimum atomic E-state index is 0.972. The number of allylic oxidation sites excluding steroid dienone is 3. The van der Waals surface area contributed by atoms with Gasteiger partial charge in [-0.25, -0.2) is 0 Å². The predicted octanol–water partition coefficient (Wildman–Crippen LogP) is 10.9. The zero-order chi connectivity index (χ0) is 23.8. The lowest BCUT2D eigenvalue weighted by Gasteiger charge is -2.08. The number of rotatable bonds is 12. The summed E-state index contributed by atoms with van der Waals surface area (Å²) in [6, 6.07) is 0. The molecule has 0 aromatic rings. The van der Waals surface area contributed by atoms with E-state index in [1.165, 1.54) is 69.8 Å². The normalized spacial score (nSPS) is 9.52. The van der Waals surface area contributed by atoms with E-state index >= 15 is 0 Å². The van der Waals surface area contributed by atoms with Gasteiger partial charge >= 0.3 is 0 Å². The van der Waals surface area contributed by atoms with Crippen molar-refractivity contribution in [1.29, 1.82) is 0 Å². The minimum Gasteiger partial charge on any atom is -0.293 e. The van der Waals surface area contributed by atoms with Gasteiger partial charge < -0.3 is 0 Å². The summed E-state index contributed by atoms with van der Waals surface area (Å²) < 4.78 is 0. The maximum atomic E-state index is 4.22. The molecule has 0 heterocycles. The Morgan fingerprint density at radius 2 is 1.21 bits per heavy atom. The SMILES string of the molecule is C=C(C)C.CC.CC.CCC/C=C/C=NCCCC.CCCCC(C)CCCC. The molecule has 0 spiro atoms. The van der Waals surface area contributed by atoms with Crippen LogP contribution in [-0.4, -0.2) is 12.8 Å². The van der Waals surface area contributed by atoms with E-state index in [4.69, 9.17) is 0 Å². The topological polar surface area (TPSA) is 12.4 Å². The summed E-state index contributed by atoms with van der Waals surface area (Å²) in [5, 5.41) is 0. The zero-order valence-electron chi connectivity index (χ0n) is 22.7. The van der Waals surface area contributed by atoms with Gasteiger partial charge in [0.25, 0.3) is 0 Å². The Morgan fingerprint density at radius 1 is 0.793 bits per heavy atom. The molecule has 1 heteroatoms. The highest BCUT2D eigenvalue weighted by molar-refractivity contribution is 5.70. The fraction of sp³-hybridized carbons (Fsp3) is 0.821. The lowest BCUT2D eigenvalue weighted by Crippen LogP contribution is -1.93. The molecule has 0 aromatic carbocycles. The molecule has 0 aliphatic rings. The summed E-state index contributed by atoms with van der Waals surface area (Å²) >= 11 is 0. The first-order valence-corrected chi connectivity index (χ1v) is 12.7. The second-order valence-electron chi connectivity index (χ2n) is 7.22. The first-order valence-electron chi connectivity index (χ1n) is 12.7. The molecule has 0 aromatic heterocycles. The Morgan fingerprint density at radius 3 is 1.55 bits per heavy atom. The monoisotopic (exact) mass is 411 g/mol. The molecule has 0 aliphatic heterocycles. The second-order valence-corrected chi connectivity index (χ2v) is 7.22. The van der Waals surface area contributed by atoms with Crippen molar-refractivity contribution in [3.63, 3.8) is 0 Å². The highest BCUT2D eigenvalue weighted by Gasteiger charge is 1.98. The summed E-state index contributed by atoms with van der Waals surface area (Å²) in [7, 11) is 0. The van der Waals surface area contributed by atoms with Crippen molar-refractivity contribution in [3.8, 4) is 0 Å². The van der Waals surface area contributed by atoms with Crippen LogP contribution in [0.25, 0.3) is 0 Å². The van der Waals surface area contributed by atoms with E-state index in [1.54, 1.807) is 0 Å². The van der Waals surface area contributed by atoms with Gasteiger partial charge in [0.1, 0.15) is 0 Å². The van der Waals surface area contributed by atoms with Gasteiger partial charge in [-0.05, 0) is 38.7 Å². The van der Waals surface area contributed by atoms with E-state index in [9.17, 15) is 0 Å². The Labute approximate surface area is 188 Å². The molecule has 0 bridgehead atoms. The largest absolute Gasteiger partial charge is 0.293 e. The van der Waals surface area contributed by atoms with Crippen LogP contribution in [0.1, 0.15) is 140 Å². The van der Waals surface area contributed by atoms with Gasteiger partial charge in [0.2, 0.25) is 0 Å². The van der Waals surface area contributed by atoms with Gasteiger partial charge in [-0.15, -0.1) is 6.58 Å². The lowest BCUT2D eigenvalue weighted by molar-refractivity contribution is 0.454. The van der Waals surface area contributed by atoms with E-state index in [-0.39, 0.29) is 0 Å². The highest BCUT2D eigenvalue weighted by atomic mass is 14.7. The lowest BCUT2D eigenvalue weighted by atomic mass is 9.98. The average Bonchev–Trinajstić information content (AvgIpc) is 2.73. The molecule has 29 heavy (non-hydrogen) atoms. The van der Waals surface area contributed by atoms with Crippen LogP contribution >= 0.6 is 0 Å². The van der Waals surface area contributed by atoms with Crippen molar-refractivity contribution in [2.45, 2.75) is 140 Å². The average molecular weight is 412 g/mol. The number of hydrogen-bond donors (Lipinski definition) is 0. The van der Waals surface area contributed by atoms with Crippen LogP contribution in [0.2, 0.25) is 0 Å². The Kier molecular flexibility index (Phi) is 61.0. The van der Waals surface area contributed by atoms with Gasteiger partial charge in [-0.2, -0.15) is 0 Å².